The number of anilines is 2. The fraction of sp³-hybridized carbons (Fsp3) is 0.571. The Labute approximate surface area is 104 Å². The van der Waals surface area contributed by atoms with Crippen molar-refractivity contribution < 1.29 is 4.74 Å². The average molecular weight is 234 g/mol. The lowest BCUT2D eigenvalue weighted by molar-refractivity contribution is 0.417. The van der Waals surface area contributed by atoms with Gasteiger partial charge in [0.25, 0.3) is 0 Å². The van der Waals surface area contributed by atoms with Gasteiger partial charge >= 0.3 is 0 Å². The third-order valence-corrected chi connectivity index (χ3v) is 3.12. The predicted molar refractivity (Wildman–Crippen MR) is 72.6 cm³/mol. The molecule has 17 heavy (non-hydrogen) atoms. The second-order valence-electron chi connectivity index (χ2n) is 5.17. The van der Waals surface area contributed by atoms with Gasteiger partial charge in [-0.2, -0.15) is 0 Å². The van der Waals surface area contributed by atoms with Crippen LogP contribution in [0.2, 0.25) is 0 Å². The van der Waals surface area contributed by atoms with Crippen molar-refractivity contribution in [2.45, 2.75) is 32.7 Å². The summed E-state index contributed by atoms with van der Waals surface area (Å²) in [6.45, 7) is 5.54. The Bertz CT molecular complexity index is 386. The molecule has 1 aromatic carbocycles. The molecule has 0 bridgehead atoms. The average Bonchev–Trinajstić information content (AvgIpc) is 3.10. The van der Waals surface area contributed by atoms with Crippen LogP contribution in [0.1, 0.15) is 26.7 Å². The second-order valence-corrected chi connectivity index (χ2v) is 5.17. The zero-order valence-electron chi connectivity index (χ0n) is 10.9. The first-order chi connectivity index (χ1) is 8.13. The van der Waals surface area contributed by atoms with Gasteiger partial charge in [0.05, 0.1) is 18.5 Å². The standard InChI is InChI=1S/C14H22N2O/c1-10(2)9-16(11-7-8-11)12-5-4-6-13(17-3)14(12)15/h4-6,10-11H,7-9,15H2,1-3H3. The minimum absolute atomic E-state index is 0.640. The quantitative estimate of drug-likeness (QED) is 0.796. The van der Waals surface area contributed by atoms with E-state index in [1.807, 2.05) is 12.1 Å². The Morgan fingerprint density at radius 1 is 1.41 bits per heavy atom. The molecule has 2 rings (SSSR count). The minimum Gasteiger partial charge on any atom is -0.495 e. The largest absolute Gasteiger partial charge is 0.495 e. The van der Waals surface area contributed by atoms with E-state index in [1.165, 1.54) is 12.8 Å². The van der Waals surface area contributed by atoms with E-state index in [1.54, 1.807) is 7.11 Å². The zero-order chi connectivity index (χ0) is 12.4. The maximum Gasteiger partial charge on any atom is 0.143 e. The number of hydrogen-bond acceptors (Lipinski definition) is 3. The van der Waals surface area contributed by atoms with Gasteiger partial charge < -0.3 is 15.4 Å². The number of methoxy groups -OCH3 is 1. The topological polar surface area (TPSA) is 38.5 Å². The number of hydrogen-bond donors (Lipinski definition) is 1. The first kappa shape index (κ1) is 12.1. The van der Waals surface area contributed by atoms with E-state index >= 15 is 0 Å². The second kappa shape index (κ2) is 4.86. The van der Waals surface area contributed by atoms with E-state index < -0.39 is 0 Å². The fourth-order valence-corrected chi connectivity index (χ4v) is 2.18. The summed E-state index contributed by atoms with van der Waals surface area (Å²) in [5, 5.41) is 0. The number of rotatable bonds is 5. The van der Waals surface area contributed by atoms with Crippen LogP contribution in [0.25, 0.3) is 0 Å². The highest BCUT2D eigenvalue weighted by Crippen LogP contribution is 2.38. The van der Waals surface area contributed by atoms with Crippen molar-refractivity contribution in [2.24, 2.45) is 5.92 Å². The molecule has 1 aromatic rings. The van der Waals surface area contributed by atoms with Crippen molar-refractivity contribution in [1.29, 1.82) is 0 Å². The molecule has 1 saturated carbocycles. The lowest BCUT2D eigenvalue weighted by Crippen LogP contribution is -2.30. The molecule has 2 N–H and O–H groups in total. The molecular formula is C14H22N2O. The van der Waals surface area contributed by atoms with Crippen LogP contribution >= 0.6 is 0 Å². The number of nitrogens with zero attached hydrogens (tertiary/aromatic N) is 1. The zero-order valence-corrected chi connectivity index (χ0v) is 10.9. The lowest BCUT2D eigenvalue weighted by Gasteiger charge is -2.28. The first-order valence-electron chi connectivity index (χ1n) is 6.32. The van der Waals surface area contributed by atoms with Crippen LogP contribution in [-0.2, 0) is 0 Å². The van der Waals surface area contributed by atoms with E-state index in [-0.39, 0.29) is 0 Å². The molecule has 0 spiro atoms. The molecule has 0 saturated heterocycles. The highest BCUT2D eigenvalue weighted by atomic mass is 16.5. The Morgan fingerprint density at radius 2 is 2.12 bits per heavy atom. The van der Waals surface area contributed by atoms with Crippen LogP contribution in [0.4, 0.5) is 11.4 Å². The Hall–Kier alpha value is -1.38. The van der Waals surface area contributed by atoms with Gasteiger partial charge in [-0.15, -0.1) is 0 Å². The van der Waals surface area contributed by atoms with Gasteiger partial charge in [-0.25, -0.2) is 0 Å². The van der Waals surface area contributed by atoms with Crippen LogP contribution in [0.3, 0.4) is 0 Å². The highest BCUT2D eigenvalue weighted by Gasteiger charge is 2.30. The summed E-state index contributed by atoms with van der Waals surface area (Å²) in [4.78, 5) is 2.43. The van der Waals surface area contributed by atoms with Gasteiger partial charge in [0.2, 0.25) is 0 Å². The number of ether oxygens (including phenoxy) is 1. The molecule has 0 radical (unpaired) electrons. The molecule has 1 aliphatic rings. The molecule has 1 aliphatic carbocycles. The summed E-state index contributed by atoms with van der Waals surface area (Å²) >= 11 is 0. The summed E-state index contributed by atoms with van der Waals surface area (Å²) in [5.41, 5.74) is 8.06. The Morgan fingerprint density at radius 3 is 2.65 bits per heavy atom. The molecule has 1 fully saturated rings. The Balaban J connectivity index is 2.28. The summed E-state index contributed by atoms with van der Waals surface area (Å²) < 4.78 is 5.29. The van der Waals surface area contributed by atoms with Gasteiger partial charge in [0, 0.05) is 12.6 Å². The monoisotopic (exact) mass is 234 g/mol. The Kier molecular flexibility index (Phi) is 3.46. The first-order valence-corrected chi connectivity index (χ1v) is 6.32. The van der Waals surface area contributed by atoms with Crippen molar-refractivity contribution in [2.75, 3.05) is 24.3 Å². The molecule has 0 unspecified atom stereocenters. The van der Waals surface area contributed by atoms with Gasteiger partial charge in [-0.3, -0.25) is 0 Å². The number of benzene rings is 1. The molecule has 0 atom stereocenters. The van der Waals surface area contributed by atoms with E-state index in [2.05, 4.69) is 24.8 Å². The van der Waals surface area contributed by atoms with Gasteiger partial charge in [0.1, 0.15) is 5.75 Å². The third-order valence-electron chi connectivity index (χ3n) is 3.12. The van der Waals surface area contributed by atoms with Crippen LogP contribution < -0.4 is 15.4 Å². The van der Waals surface area contributed by atoms with E-state index in [4.69, 9.17) is 10.5 Å². The minimum atomic E-state index is 0.640. The molecule has 0 aromatic heterocycles. The van der Waals surface area contributed by atoms with Crippen LogP contribution in [0.5, 0.6) is 5.75 Å². The molecule has 0 aliphatic heterocycles. The number of para-hydroxylation sites is 1. The fourth-order valence-electron chi connectivity index (χ4n) is 2.18. The predicted octanol–water partition coefficient (Wildman–Crippen LogP) is 2.90. The van der Waals surface area contributed by atoms with Crippen LogP contribution in [0, 0.1) is 5.92 Å². The maximum atomic E-state index is 6.17. The van der Waals surface area contributed by atoms with Crippen molar-refractivity contribution in [3.63, 3.8) is 0 Å². The van der Waals surface area contributed by atoms with Crippen molar-refractivity contribution in [1.82, 2.24) is 0 Å². The van der Waals surface area contributed by atoms with E-state index in [0.717, 1.165) is 23.7 Å². The SMILES string of the molecule is COc1cccc(N(CC(C)C)C2CC2)c1N. The summed E-state index contributed by atoms with van der Waals surface area (Å²) in [6, 6.07) is 6.70. The molecular weight excluding hydrogens is 212 g/mol. The maximum absolute atomic E-state index is 6.17. The number of nitrogens with two attached hydrogens (primary N) is 1. The van der Waals surface area contributed by atoms with Crippen molar-refractivity contribution in [3.05, 3.63) is 18.2 Å². The third kappa shape index (κ3) is 2.65. The molecule has 94 valence electrons. The lowest BCUT2D eigenvalue weighted by atomic mass is 10.1. The summed E-state index contributed by atoms with van der Waals surface area (Å²) in [7, 11) is 1.67. The summed E-state index contributed by atoms with van der Waals surface area (Å²) in [5.74, 6) is 1.41. The molecule has 0 amide bonds. The molecule has 3 nitrogen and oxygen atoms in total. The van der Waals surface area contributed by atoms with Crippen LogP contribution in [0.15, 0.2) is 18.2 Å². The summed E-state index contributed by atoms with van der Waals surface area (Å²) in [6.07, 6.45) is 2.56. The van der Waals surface area contributed by atoms with Crippen molar-refractivity contribution in [3.8, 4) is 5.75 Å². The van der Waals surface area contributed by atoms with Crippen LogP contribution in [-0.4, -0.2) is 19.7 Å². The van der Waals surface area contributed by atoms with Gasteiger partial charge in [0.15, 0.2) is 0 Å². The van der Waals surface area contributed by atoms with E-state index in [9.17, 15) is 0 Å². The number of nitrogen functional groups attached to an aromatic ring is 1. The normalized spacial score (nSPS) is 15.1. The highest BCUT2D eigenvalue weighted by molar-refractivity contribution is 5.74. The van der Waals surface area contributed by atoms with Gasteiger partial charge in [-0.1, -0.05) is 19.9 Å². The molecule has 3 heteroatoms. The van der Waals surface area contributed by atoms with Gasteiger partial charge in [-0.05, 0) is 30.9 Å². The van der Waals surface area contributed by atoms with Crippen molar-refractivity contribution >= 4 is 11.4 Å². The smallest absolute Gasteiger partial charge is 0.143 e. The van der Waals surface area contributed by atoms with E-state index in [0.29, 0.717) is 12.0 Å². The molecule has 0 heterocycles.